The molecule has 0 fully saturated rings. The predicted octanol–water partition coefficient (Wildman–Crippen LogP) is 4.69. The number of aliphatic hydroxyl groups is 1. The normalized spacial score (nSPS) is 12.3. The Morgan fingerprint density at radius 1 is 0.952 bits per heavy atom. The van der Waals surface area contributed by atoms with Gasteiger partial charge in [-0.2, -0.15) is 0 Å². The van der Waals surface area contributed by atoms with Gasteiger partial charge in [-0.3, -0.25) is 0 Å². The Morgan fingerprint density at radius 3 is 2.43 bits per heavy atom. The molecule has 0 aliphatic carbocycles. The van der Waals surface area contributed by atoms with Crippen molar-refractivity contribution in [3.63, 3.8) is 0 Å². The zero-order chi connectivity index (χ0) is 14.8. The highest BCUT2D eigenvalue weighted by molar-refractivity contribution is 9.10. The van der Waals surface area contributed by atoms with Gasteiger partial charge in [0, 0.05) is 4.47 Å². The number of hydrogen-bond acceptors (Lipinski definition) is 2. The molecule has 0 saturated carbocycles. The SMILES string of the molecule is COc1ccc(C(O)c2ccc3ccccc3c2)c(Br)c1. The maximum absolute atomic E-state index is 10.6. The molecule has 3 heteroatoms. The second kappa shape index (κ2) is 5.88. The van der Waals surface area contributed by atoms with E-state index in [0.29, 0.717) is 0 Å². The van der Waals surface area contributed by atoms with E-state index in [1.807, 2.05) is 48.5 Å². The number of halogens is 1. The first-order chi connectivity index (χ1) is 10.2. The molecule has 3 rings (SSSR count). The lowest BCUT2D eigenvalue weighted by molar-refractivity contribution is 0.219. The molecule has 1 atom stereocenters. The van der Waals surface area contributed by atoms with Gasteiger partial charge in [0.25, 0.3) is 0 Å². The minimum Gasteiger partial charge on any atom is -0.497 e. The Kier molecular flexibility index (Phi) is 3.95. The van der Waals surface area contributed by atoms with Crippen LogP contribution in [0.5, 0.6) is 5.75 Å². The molecular formula is C18H15BrO2. The number of hydrogen-bond donors (Lipinski definition) is 1. The highest BCUT2D eigenvalue weighted by atomic mass is 79.9. The third-order valence-electron chi connectivity index (χ3n) is 3.59. The molecule has 0 aliphatic heterocycles. The van der Waals surface area contributed by atoms with E-state index in [1.54, 1.807) is 7.11 Å². The maximum atomic E-state index is 10.6. The molecule has 0 amide bonds. The summed E-state index contributed by atoms with van der Waals surface area (Å²) in [4.78, 5) is 0. The number of ether oxygens (including phenoxy) is 1. The molecule has 0 aromatic heterocycles. The Balaban J connectivity index is 2.01. The average molecular weight is 343 g/mol. The van der Waals surface area contributed by atoms with E-state index in [9.17, 15) is 5.11 Å². The number of benzene rings is 3. The highest BCUT2D eigenvalue weighted by Gasteiger charge is 2.14. The van der Waals surface area contributed by atoms with Crippen LogP contribution >= 0.6 is 15.9 Å². The summed E-state index contributed by atoms with van der Waals surface area (Å²) in [6, 6.07) is 19.7. The molecule has 0 saturated heterocycles. The number of rotatable bonds is 3. The summed E-state index contributed by atoms with van der Waals surface area (Å²) >= 11 is 3.50. The van der Waals surface area contributed by atoms with E-state index < -0.39 is 6.10 Å². The third-order valence-corrected chi connectivity index (χ3v) is 4.28. The van der Waals surface area contributed by atoms with Crippen LogP contribution in [0.4, 0.5) is 0 Å². The van der Waals surface area contributed by atoms with Gasteiger partial charge >= 0.3 is 0 Å². The van der Waals surface area contributed by atoms with E-state index in [-0.39, 0.29) is 0 Å². The monoisotopic (exact) mass is 342 g/mol. The molecule has 0 bridgehead atoms. The summed E-state index contributed by atoms with van der Waals surface area (Å²) in [7, 11) is 1.63. The molecule has 3 aromatic rings. The van der Waals surface area contributed by atoms with Crippen molar-refractivity contribution in [2.75, 3.05) is 7.11 Å². The molecular weight excluding hydrogens is 328 g/mol. The standard InChI is InChI=1S/C18H15BrO2/c1-21-15-8-9-16(17(19)11-15)18(20)14-7-6-12-4-2-3-5-13(12)10-14/h2-11,18,20H,1H3. The Bertz CT molecular complexity index is 783. The summed E-state index contributed by atoms with van der Waals surface area (Å²) in [6.07, 6.45) is -0.671. The molecule has 3 aromatic carbocycles. The highest BCUT2D eigenvalue weighted by Crippen LogP contribution is 2.32. The van der Waals surface area contributed by atoms with Crippen molar-refractivity contribution in [3.8, 4) is 5.75 Å². The third kappa shape index (κ3) is 2.80. The fourth-order valence-electron chi connectivity index (χ4n) is 2.41. The van der Waals surface area contributed by atoms with Gasteiger partial charge in [-0.1, -0.05) is 58.4 Å². The van der Waals surface area contributed by atoms with E-state index in [4.69, 9.17) is 4.74 Å². The summed E-state index contributed by atoms with van der Waals surface area (Å²) in [5, 5.41) is 12.9. The topological polar surface area (TPSA) is 29.5 Å². The lowest BCUT2D eigenvalue weighted by atomic mass is 9.98. The summed E-state index contributed by atoms with van der Waals surface area (Å²) in [5.74, 6) is 0.760. The molecule has 0 heterocycles. The van der Waals surface area contributed by atoms with Crippen molar-refractivity contribution >= 4 is 26.7 Å². The largest absolute Gasteiger partial charge is 0.497 e. The Labute approximate surface area is 132 Å². The second-order valence-corrected chi connectivity index (χ2v) is 5.75. The number of methoxy groups -OCH3 is 1. The molecule has 0 aliphatic rings. The predicted molar refractivity (Wildman–Crippen MR) is 88.7 cm³/mol. The van der Waals surface area contributed by atoms with E-state index in [2.05, 4.69) is 28.1 Å². The van der Waals surface area contributed by atoms with Crippen LogP contribution in [0.3, 0.4) is 0 Å². The molecule has 21 heavy (non-hydrogen) atoms. The fourth-order valence-corrected chi connectivity index (χ4v) is 2.99. The zero-order valence-corrected chi connectivity index (χ0v) is 13.2. The average Bonchev–Trinajstić information content (AvgIpc) is 2.53. The quantitative estimate of drug-likeness (QED) is 0.747. The van der Waals surface area contributed by atoms with Gasteiger partial charge in [0.05, 0.1) is 7.11 Å². The van der Waals surface area contributed by atoms with Crippen LogP contribution in [0.2, 0.25) is 0 Å². The van der Waals surface area contributed by atoms with Gasteiger partial charge in [-0.05, 0) is 40.1 Å². The van der Waals surface area contributed by atoms with Crippen LogP contribution in [-0.2, 0) is 0 Å². The van der Waals surface area contributed by atoms with Gasteiger partial charge in [-0.25, -0.2) is 0 Å². The second-order valence-electron chi connectivity index (χ2n) is 4.90. The number of aliphatic hydroxyl groups excluding tert-OH is 1. The Morgan fingerprint density at radius 2 is 1.71 bits per heavy atom. The van der Waals surface area contributed by atoms with E-state index >= 15 is 0 Å². The van der Waals surface area contributed by atoms with Crippen molar-refractivity contribution in [3.05, 3.63) is 76.3 Å². The van der Waals surface area contributed by atoms with Gasteiger partial charge in [0.1, 0.15) is 11.9 Å². The lowest BCUT2D eigenvalue weighted by Crippen LogP contribution is -2.01. The maximum Gasteiger partial charge on any atom is 0.120 e. The van der Waals surface area contributed by atoms with Crippen molar-refractivity contribution in [2.24, 2.45) is 0 Å². The molecule has 0 spiro atoms. The van der Waals surface area contributed by atoms with Crippen molar-refractivity contribution < 1.29 is 9.84 Å². The first kappa shape index (κ1) is 14.1. The summed E-state index contributed by atoms with van der Waals surface area (Å²) in [6.45, 7) is 0. The lowest BCUT2D eigenvalue weighted by Gasteiger charge is -2.15. The molecule has 2 nitrogen and oxygen atoms in total. The molecule has 0 radical (unpaired) electrons. The summed E-state index contributed by atoms with van der Waals surface area (Å²) < 4.78 is 6.02. The molecule has 1 N–H and O–H groups in total. The first-order valence-electron chi connectivity index (χ1n) is 6.69. The van der Waals surface area contributed by atoms with Crippen LogP contribution in [0.15, 0.2) is 65.1 Å². The fraction of sp³-hybridized carbons (Fsp3) is 0.111. The van der Waals surface area contributed by atoms with Gasteiger partial charge in [0.15, 0.2) is 0 Å². The van der Waals surface area contributed by atoms with Crippen LogP contribution in [0, 0.1) is 0 Å². The van der Waals surface area contributed by atoms with Gasteiger partial charge < -0.3 is 9.84 Å². The Hall–Kier alpha value is -1.84. The first-order valence-corrected chi connectivity index (χ1v) is 7.48. The minimum absolute atomic E-state index is 0.671. The smallest absolute Gasteiger partial charge is 0.120 e. The number of fused-ring (bicyclic) bond motifs is 1. The molecule has 1 unspecified atom stereocenters. The van der Waals surface area contributed by atoms with Crippen molar-refractivity contribution in [2.45, 2.75) is 6.10 Å². The molecule has 106 valence electrons. The van der Waals surface area contributed by atoms with Crippen LogP contribution in [0.1, 0.15) is 17.2 Å². The summed E-state index contributed by atoms with van der Waals surface area (Å²) in [5.41, 5.74) is 1.70. The van der Waals surface area contributed by atoms with E-state index in [1.165, 1.54) is 5.39 Å². The van der Waals surface area contributed by atoms with Crippen LogP contribution < -0.4 is 4.74 Å². The van der Waals surface area contributed by atoms with Gasteiger partial charge in [-0.15, -0.1) is 0 Å². The van der Waals surface area contributed by atoms with Gasteiger partial charge in [0.2, 0.25) is 0 Å². The van der Waals surface area contributed by atoms with Crippen LogP contribution in [-0.4, -0.2) is 12.2 Å². The zero-order valence-electron chi connectivity index (χ0n) is 11.6. The van der Waals surface area contributed by atoms with Crippen LogP contribution in [0.25, 0.3) is 10.8 Å². The van der Waals surface area contributed by atoms with E-state index in [0.717, 1.165) is 26.7 Å². The minimum atomic E-state index is -0.671. The van der Waals surface area contributed by atoms with Crippen molar-refractivity contribution in [1.29, 1.82) is 0 Å². The van der Waals surface area contributed by atoms with Crippen molar-refractivity contribution in [1.82, 2.24) is 0 Å².